The molecule has 2 aromatic rings. The van der Waals surface area contributed by atoms with E-state index in [1.54, 1.807) is 31.5 Å². The lowest BCUT2D eigenvalue weighted by Crippen LogP contribution is -2.23. The van der Waals surface area contributed by atoms with Gasteiger partial charge in [0.05, 0.1) is 17.9 Å². The zero-order chi connectivity index (χ0) is 17.4. The Morgan fingerprint density at radius 2 is 1.71 bits per heavy atom. The van der Waals surface area contributed by atoms with E-state index in [4.69, 9.17) is 4.74 Å². The third-order valence-corrected chi connectivity index (χ3v) is 3.24. The number of ether oxygens (including phenoxy) is 1. The molecule has 0 unspecified atom stereocenters. The first kappa shape index (κ1) is 17.3. The lowest BCUT2D eigenvalue weighted by atomic mass is 10.2. The second-order valence-electron chi connectivity index (χ2n) is 5.26. The van der Waals surface area contributed by atoms with E-state index in [0.717, 1.165) is 17.1 Å². The molecular formula is C18H20N4O2. The van der Waals surface area contributed by atoms with Gasteiger partial charge in [0.1, 0.15) is 6.61 Å². The summed E-state index contributed by atoms with van der Waals surface area (Å²) >= 11 is 0. The quantitative estimate of drug-likeness (QED) is 0.438. The highest BCUT2D eigenvalue weighted by Gasteiger charge is 2.05. The molecule has 0 aliphatic rings. The molecule has 1 heterocycles. The van der Waals surface area contributed by atoms with Crippen LogP contribution in [0.5, 0.6) is 0 Å². The molecule has 0 bridgehead atoms. The molecule has 0 spiro atoms. The van der Waals surface area contributed by atoms with Crippen LogP contribution in [0, 0.1) is 0 Å². The van der Waals surface area contributed by atoms with E-state index < -0.39 is 0 Å². The summed E-state index contributed by atoms with van der Waals surface area (Å²) in [5, 5.41) is 8.32. The van der Waals surface area contributed by atoms with Crippen LogP contribution < -0.4 is 4.90 Å². The second kappa shape index (κ2) is 8.57. The van der Waals surface area contributed by atoms with Crippen molar-refractivity contribution in [1.82, 2.24) is 4.98 Å². The minimum absolute atomic E-state index is 0.311. The largest absolute Gasteiger partial charge is 0.460 e. The summed E-state index contributed by atoms with van der Waals surface area (Å²) in [4.78, 5) is 17.3. The van der Waals surface area contributed by atoms with Crippen LogP contribution >= 0.6 is 0 Å². The normalized spacial score (nSPS) is 10.6. The van der Waals surface area contributed by atoms with E-state index in [0.29, 0.717) is 18.7 Å². The van der Waals surface area contributed by atoms with Gasteiger partial charge in [-0.05, 0) is 43.3 Å². The molecule has 1 aromatic heterocycles. The van der Waals surface area contributed by atoms with Crippen molar-refractivity contribution < 1.29 is 9.53 Å². The average Bonchev–Trinajstić information content (AvgIpc) is 2.61. The molecule has 0 aliphatic heterocycles. The van der Waals surface area contributed by atoms with Crippen LogP contribution in [0.2, 0.25) is 0 Å². The molecule has 0 saturated heterocycles. The molecule has 0 N–H and O–H groups in total. The average molecular weight is 324 g/mol. The van der Waals surface area contributed by atoms with Crippen molar-refractivity contribution in [3.8, 4) is 0 Å². The summed E-state index contributed by atoms with van der Waals surface area (Å²) in [7, 11) is 1.93. The van der Waals surface area contributed by atoms with Crippen molar-refractivity contribution >= 4 is 23.0 Å². The van der Waals surface area contributed by atoms with Gasteiger partial charge in [0.2, 0.25) is 0 Å². The molecule has 0 radical (unpaired) electrons. The predicted octanol–water partition coefficient (Wildman–Crippen LogP) is 4.05. The van der Waals surface area contributed by atoms with Crippen LogP contribution in [-0.4, -0.2) is 31.2 Å². The molecule has 2 rings (SSSR count). The molecule has 6 heteroatoms. The number of aromatic nitrogens is 1. The van der Waals surface area contributed by atoms with Crippen molar-refractivity contribution in [2.45, 2.75) is 6.92 Å². The molecule has 24 heavy (non-hydrogen) atoms. The number of benzene rings is 1. The van der Waals surface area contributed by atoms with Crippen molar-refractivity contribution in [1.29, 1.82) is 0 Å². The third kappa shape index (κ3) is 5.31. The maximum atomic E-state index is 11.3. The minimum Gasteiger partial charge on any atom is -0.460 e. The fraction of sp³-hybridized carbons (Fsp3) is 0.222. The van der Waals surface area contributed by atoms with E-state index in [9.17, 15) is 4.79 Å². The summed E-state index contributed by atoms with van der Waals surface area (Å²) < 4.78 is 5.09. The Morgan fingerprint density at radius 1 is 1.12 bits per heavy atom. The molecule has 0 amide bonds. The van der Waals surface area contributed by atoms with Crippen LogP contribution in [0.1, 0.15) is 6.92 Å². The topological polar surface area (TPSA) is 67.2 Å². The number of nitrogens with zero attached hydrogens (tertiary/aromatic N) is 4. The first-order valence-electron chi connectivity index (χ1n) is 7.52. The Hall–Kier alpha value is -3.02. The number of azo groups is 1. The zero-order valence-electron chi connectivity index (χ0n) is 13.8. The lowest BCUT2D eigenvalue weighted by Gasteiger charge is -2.19. The van der Waals surface area contributed by atoms with E-state index in [1.807, 2.05) is 36.2 Å². The Balaban J connectivity index is 1.88. The summed E-state index contributed by atoms with van der Waals surface area (Å²) in [5.41, 5.74) is 2.92. The first-order chi connectivity index (χ1) is 11.6. The SMILES string of the molecule is C=C(C)C(=O)OCCN(C)c1ccc(N=Nc2ccncc2)cc1. The molecule has 0 aliphatic carbocycles. The van der Waals surface area contributed by atoms with E-state index in [2.05, 4.69) is 21.8 Å². The monoisotopic (exact) mass is 324 g/mol. The van der Waals surface area contributed by atoms with Crippen molar-refractivity contribution in [3.05, 3.63) is 60.9 Å². The standard InChI is InChI=1S/C18H20N4O2/c1-14(2)18(23)24-13-12-22(3)17-6-4-15(5-7-17)20-21-16-8-10-19-11-9-16/h4-11H,1,12-13H2,2-3H3. The fourth-order valence-electron chi connectivity index (χ4n) is 1.83. The van der Waals surface area contributed by atoms with Gasteiger partial charge in [-0.3, -0.25) is 4.98 Å². The van der Waals surface area contributed by atoms with Gasteiger partial charge in [-0.25, -0.2) is 4.79 Å². The fourth-order valence-corrected chi connectivity index (χ4v) is 1.83. The molecule has 0 fully saturated rings. The van der Waals surface area contributed by atoms with Crippen LogP contribution in [0.15, 0.2) is 71.2 Å². The van der Waals surface area contributed by atoms with Crippen molar-refractivity contribution in [2.75, 3.05) is 25.1 Å². The van der Waals surface area contributed by atoms with Gasteiger partial charge < -0.3 is 9.64 Å². The number of rotatable bonds is 7. The summed E-state index contributed by atoms with van der Waals surface area (Å²) in [6.07, 6.45) is 3.35. The van der Waals surface area contributed by atoms with Gasteiger partial charge in [-0.15, -0.1) is 0 Å². The maximum Gasteiger partial charge on any atom is 0.333 e. The van der Waals surface area contributed by atoms with Crippen LogP contribution in [0.4, 0.5) is 17.1 Å². The van der Waals surface area contributed by atoms with Gasteiger partial charge in [0.25, 0.3) is 0 Å². The highest BCUT2D eigenvalue weighted by Crippen LogP contribution is 2.21. The Morgan fingerprint density at radius 3 is 2.29 bits per heavy atom. The third-order valence-electron chi connectivity index (χ3n) is 3.24. The number of anilines is 1. The number of carbonyl (C=O) groups is 1. The predicted molar refractivity (Wildman–Crippen MR) is 93.9 cm³/mol. The van der Waals surface area contributed by atoms with Gasteiger partial charge >= 0.3 is 5.97 Å². The number of hydrogen-bond acceptors (Lipinski definition) is 6. The van der Waals surface area contributed by atoms with E-state index in [1.165, 1.54) is 0 Å². The van der Waals surface area contributed by atoms with Crippen LogP contribution in [-0.2, 0) is 9.53 Å². The molecule has 124 valence electrons. The van der Waals surface area contributed by atoms with Gasteiger partial charge in [-0.2, -0.15) is 10.2 Å². The second-order valence-corrected chi connectivity index (χ2v) is 5.26. The molecule has 0 saturated carbocycles. The number of carbonyl (C=O) groups excluding carboxylic acids is 1. The van der Waals surface area contributed by atoms with E-state index in [-0.39, 0.29) is 5.97 Å². The highest BCUT2D eigenvalue weighted by molar-refractivity contribution is 5.86. The number of esters is 1. The zero-order valence-corrected chi connectivity index (χ0v) is 13.8. The lowest BCUT2D eigenvalue weighted by molar-refractivity contribution is -0.138. The molecular weight excluding hydrogens is 304 g/mol. The Labute approximate surface area is 141 Å². The maximum absolute atomic E-state index is 11.3. The van der Waals surface area contributed by atoms with Gasteiger partial charge in [-0.1, -0.05) is 6.58 Å². The molecule has 0 atom stereocenters. The van der Waals surface area contributed by atoms with Gasteiger partial charge in [0.15, 0.2) is 0 Å². The van der Waals surface area contributed by atoms with Crippen molar-refractivity contribution in [2.24, 2.45) is 10.2 Å². The molecule has 6 nitrogen and oxygen atoms in total. The van der Waals surface area contributed by atoms with Crippen LogP contribution in [0.3, 0.4) is 0 Å². The smallest absolute Gasteiger partial charge is 0.333 e. The first-order valence-corrected chi connectivity index (χ1v) is 7.52. The summed E-state index contributed by atoms with van der Waals surface area (Å²) in [6.45, 7) is 6.08. The van der Waals surface area contributed by atoms with Gasteiger partial charge in [0, 0.05) is 30.7 Å². The highest BCUT2D eigenvalue weighted by atomic mass is 16.5. The number of hydrogen-bond donors (Lipinski definition) is 0. The van der Waals surface area contributed by atoms with Crippen molar-refractivity contribution in [3.63, 3.8) is 0 Å². The summed E-state index contributed by atoms with van der Waals surface area (Å²) in [5.74, 6) is -0.365. The van der Waals surface area contributed by atoms with Crippen LogP contribution in [0.25, 0.3) is 0 Å². The number of pyridine rings is 1. The number of likely N-dealkylation sites (N-methyl/N-ethyl adjacent to an activating group) is 1. The minimum atomic E-state index is -0.365. The summed E-state index contributed by atoms with van der Waals surface area (Å²) in [6, 6.07) is 11.2. The van der Waals surface area contributed by atoms with E-state index >= 15 is 0 Å². The Bertz CT molecular complexity index is 712. The molecule has 1 aromatic carbocycles. The Kier molecular flexibility index (Phi) is 6.19.